The number of hydrogen-bond acceptors (Lipinski definition) is 7. The minimum Gasteiger partial charge on any atom is -0.492 e. The number of aromatic nitrogens is 4. The maximum absolute atomic E-state index is 10.8. The van der Waals surface area contributed by atoms with Gasteiger partial charge in [0.25, 0.3) is 5.69 Å². The van der Waals surface area contributed by atoms with Gasteiger partial charge < -0.3 is 4.74 Å². The lowest BCUT2D eigenvalue weighted by Gasteiger charge is -2.09. The first-order chi connectivity index (χ1) is 12.6. The maximum Gasteiger partial charge on any atom is 0.273 e. The molecule has 0 fully saturated rings. The van der Waals surface area contributed by atoms with Crippen molar-refractivity contribution in [2.45, 2.75) is 19.0 Å². The van der Waals surface area contributed by atoms with Crippen molar-refractivity contribution in [2.75, 3.05) is 12.4 Å². The second-order valence-corrected chi connectivity index (χ2v) is 6.61. The molecule has 0 aliphatic heterocycles. The first-order valence-corrected chi connectivity index (χ1v) is 8.90. The average Bonchev–Trinajstić information content (AvgIpc) is 3.09. The summed E-state index contributed by atoms with van der Waals surface area (Å²) in [5, 5.41) is 23.4. The van der Waals surface area contributed by atoms with Crippen molar-refractivity contribution in [3.05, 3.63) is 63.7 Å². The van der Waals surface area contributed by atoms with Gasteiger partial charge in [0.15, 0.2) is 0 Å². The predicted molar refractivity (Wildman–Crippen MR) is 97.9 cm³/mol. The van der Waals surface area contributed by atoms with Crippen LogP contribution in [0.15, 0.2) is 47.6 Å². The molecule has 3 aromatic rings. The maximum atomic E-state index is 10.8. The van der Waals surface area contributed by atoms with E-state index in [-0.39, 0.29) is 5.69 Å². The molecule has 3 rings (SSSR count). The third kappa shape index (κ3) is 3.99. The van der Waals surface area contributed by atoms with Gasteiger partial charge in [0, 0.05) is 11.8 Å². The van der Waals surface area contributed by atoms with E-state index in [1.54, 1.807) is 16.8 Å². The fourth-order valence-electron chi connectivity index (χ4n) is 2.36. The summed E-state index contributed by atoms with van der Waals surface area (Å²) in [6.07, 6.45) is 0. The fourth-order valence-corrected chi connectivity index (χ4v) is 3.07. The van der Waals surface area contributed by atoms with Crippen LogP contribution in [-0.4, -0.2) is 37.5 Å². The molecule has 0 spiro atoms. The van der Waals surface area contributed by atoms with Crippen LogP contribution in [0, 0.1) is 24.0 Å². The molecule has 0 radical (unpaired) electrons. The van der Waals surface area contributed by atoms with Gasteiger partial charge in [-0.3, -0.25) is 10.1 Å². The molecule has 0 saturated heterocycles. The van der Waals surface area contributed by atoms with Crippen molar-refractivity contribution < 1.29 is 9.66 Å². The monoisotopic (exact) mass is 371 g/mol. The second-order valence-electron chi connectivity index (χ2n) is 5.54. The molecule has 0 N–H and O–H groups in total. The zero-order chi connectivity index (χ0) is 18.5. The Morgan fingerprint density at radius 3 is 2.85 bits per heavy atom. The third-order valence-corrected chi connectivity index (χ3v) is 4.74. The van der Waals surface area contributed by atoms with Crippen LogP contribution >= 0.6 is 11.8 Å². The third-order valence-electron chi connectivity index (χ3n) is 3.86. The van der Waals surface area contributed by atoms with E-state index >= 15 is 0 Å². The summed E-state index contributed by atoms with van der Waals surface area (Å²) in [5.41, 5.74) is 3.24. The number of rotatable bonds is 7. The van der Waals surface area contributed by atoms with E-state index < -0.39 is 4.92 Å². The number of nitrogens with zero attached hydrogens (tertiary/aromatic N) is 5. The molecule has 0 aliphatic carbocycles. The largest absolute Gasteiger partial charge is 0.492 e. The molecule has 1 heterocycles. The molecule has 2 aromatic carbocycles. The molecule has 9 heteroatoms. The molecule has 0 unspecified atom stereocenters. The molecule has 0 atom stereocenters. The first-order valence-electron chi connectivity index (χ1n) is 7.91. The SMILES string of the molecule is Cc1cccc(-n2nnnc2SCCOc2cccc([N+](=O)[O-])c2)c1C. The van der Waals surface area contributed by atoms with Crippen LogP contribution < -0.4 is 4.74 Å². The molecule has 1 aromatic heterocycles. The zero-order valence-electron chi connectivity index (χ0n) is 14.3. The molecule has 0 bridgehead atoms. The fraction of sp³-hybridized carbons (Fsp3) is 0.235. The van der Waals surface area contributed by atoms with E-state index in [9.17, 15) is 10.1 Å². The Bertz CT molecular complexity index is 928. The first kappa shape index (κ1) is 17.9. The number of non-ortho nitro benzene ring substituents is 1. The van der Waals surface area contributed by atoms with Crippen LogP contribution in [0.3, 0.4) is 0 Å². The highest BCUT2D eigenvalue weighted by Gasteiger charge is 2.12. The van der Waals surface area contributed by atoms with Gasteiger partial charge in [0.1, 0.15) is 5.75 Å². The number of tetrazole rings is 1. The van der Waals surface area contributed by atoms with Gasteiger partial charge in [0.2, 0.25) is 5.16 Å². The van der Waals surface area contributed by atoms with E-state index in [1.807, 2.05) is 32.0 Å². The summed E-state index contributed by atoms with van der Waals surface area (Å²) >= 11 is 1.46. The van der Waals surface area contributed by atoms with Gasteiger partial charge in [-0.2, -0.15) is 4.68 Å². The molecule has 8 nitrogen and oxygen atoms in total. The summed E-state index contributed by atoms with van der Waals surface area (Å²) in [6, 6.07) is 12.1. The lowest BCUT2D eigenvalue weighted by Crippen LogP contribution is -2.05. The van der Waals surface area contributed by atoms with Crippen molar-refractivity contribution in [1.29, 1.82) is 0 Å². The van der Waals surface area contributed by atoms with Gasteiger partial charge in [-0.1, -0.05) is 30.0 Å². The summed E-state index contributed by atoms with van der Waals surface area (Å²) in [4.78, 5) is 10.3. The van der Waals surface area contributed by atoms with E-state index in [1.165, 1.54) is 29.5 Å². The number of nitro groups is 1. The Hall–Kier alpha value is -2.94. The van der Waals surface area contributed by atoms with Crippen LogP contribution in [0.4, 0.5) is 5.69 Å². The molecule has 0 amide bonds. The highest BCUT2D eigenvalue weighted by atomic mass is 32.2. The smallest absolute Gasteiger partial charge is 0.273 e. The topological polar surface area (TPSA) is 96.0 Å². The molecule has 26 heavy (non-hydrogen) atoms. The number of hydrogen-bond donors (Lipinski definition) is 0. The van der Waals surface area contributed by atoms with Crippen LogP contribution in [0.25, 0.3) is 5.69 Å². The van der Waals surface area contributed by atoms with E-state index in [0.29, 0.717) is 23.3 Å². The number of ether oxygens (including phenoxy) is 1. The Balaban J connectivity index is 1.62. The molecular formula is C17H17N5O3S. The number of aryl methyl sites for hydroxylation is 1. The molecule has 0 saturated carbocycles. The number of benzene rings is 2. The minimum atomic E-state index is -0.445. The summed E-state index contributed by atoms with van der Waals surface area (Å²) in [7, 11) is 0. The lowest BCUT2D eigenvalue weighted by atomic mass is 10.1. The van der Waals surface area contributed by atoms with E-state index in [4.69, 9.17) is 4.74 Å². The molecule has 134 valence electrons. The summed E-state index contributed by atoms with van der Waals surface area (Å²) in [5.74, 6) is 1.07. The molecular weight excluding hydrogens is 354 g/mol. The minimum absolute atomic E-state index is 0.00835. The van der Waals surface area contributed by atoms with E-state index in [2.05, 4.69) is 15.5 Å². The van der Waals surface area contributed by atoms with Gasteiger partial charge in [-0.25, -0.2) is 0 Å². The Kier molecular flexibility index (Phi) is 5.47. The number of nitro benzene ring substituents is 1. The normalized spacial score (nSPS) is 10.7. The van der Waals surface area contributed by atoms with Crippen molar-refractivity contribution >= 4 is 17.4 Å². The quantitative estimate of drug-likeness (QED) is 0.272. The predicted octanol–water partition coefficient (Wildman–Crippen LogP) is 3.36. The van der Waals surface area contributed by atoms with Crippen LogP contribution in [0.5, 0.6) is 5.75 Å². The Morgan fingerprint density at radius 1 is 1.23 bits per heavy atom. The summed E-state index contributed by atoms with van der Waals surface area (Å²) in [6.45, 7) is 4.46. The van der Waals surface area contributed by atoms with Crippen molar-refractivity contribution in [1.82, 2.24) is 20.2 Å². The van der Waals surface area contributed by atoms with Crippen molar-refractivity contribution in [2.24, 2.45) is 0 Å². The van der Waals surface area contributed by atoms with Gasteiger partial charge in [0.05, 0.1) is 23.3 Å². The van der Waals surface area contributed by atoms with Gasteiger partial charge in [-0.15, -0.1) is 5.10 Å². The standard InChI is InChI=1S/C17H17N5O3S/c1-12-5-3-8-16(13(12)2)21-17(18-19-20-21)26-10-9-25-15-7-4-6-14(11-15)22(23)24/h3-8,11H,9-10H2,1-2H3. The van der Waals surface area contributed by atoms with Gasteiger partial charge in [-0.05, 0) is 47.5 Å². The highest BCUT2D eigenvalue weighted by Crippen LogP contribution is 2.23. The van der Waals surface area contributed by atoms with Crippen LogP contribution in [0.2, 0.25) is 0 Å². The lowest BCUT2D eigenvalue weighted by molar-refractivity contribution is -0.384. The van der Waals surface area contributed by atoms with Crippen molar-refractivity contribution in [3.8, 4) is 11.4 Å². The van der Waals surface area contributed by atoms with Crippen molar-refractivity contribution in [3.63, 3.8) is 0 Å². The van der Waals surface area contributed by atoms with Crippen LogP contribution in [0.1, 0.15) is 11.1 Å². The second kappa shape index (κ2) is 7.96. The number of thioether (sulfide) groups is 1. The Morgan fingerprint density at radius 2 is 2.04 bits per heavy atom. The highest BCUT2D eigenvalue weighted by molar-refractivity contribution is 7.99. The van der Waals surface area contributed by atoms with Gasteiger partial charge >= 0.3 is 0 Å². The zero-order valence-corrected chi connectivity index (χ0v) is 15.1. The Labute approximate surface area is 154 Å². The summed E-state index contributed by atoms with van der Waals surface area (Å²) < 4.78 is 7.29. The van der Waals surface area contributed by atoms with E-state index in [0.717, 1.165) is 11.3 Å². The molecule has 0 aliphatic rings. The average molecular weight is 371 g/mol. The van der Waals surface area contributed by atoms with Crippen LogP contribution in [-0.2, 0) is 0 Å².